The predicted molar refractivity (Wildman–Crippen MR) is 67.3 cm³/mol. The van der Waals surface area contributed by atoms with Gasteiger partial charge >= 0.3 is 0 Å². The maximum Gasteiger partial charge on any atom is 0.0668 e. The summed E-state index contributed by atoms with van der Waals surface area (Å²) in [4.78, 5) is 0. The lowest BCUT2D eigenvalue weighted by atomic mass is 9.88. The van der Waals surface area contributed by atoms with Crippen LogP contribution >= 0.6 is 11.8 Å². The number of aliphatic hydroxyl groups is 1. The van der Waals surface area contributed by atoms with Gasteiger partial charge in [0.15, 0.2) is 0 Å². The number of rotatable bonds is 5. The number of fused-ring (bicyclic) bond motifs is 2. The molecule has 2 fully saturated rings. The van der Waals surface area contributed by atoms with Gasteiger partial charge in [0.25, 0.3) is 0 Å². The third-order valence-corrected chi connectivity index (χ3v) is 5.48. The number of hydrogen-bond acceptors (Lipinski definition) is 2. The Hall–Kier alpha value is 0.310. The minimum Gasteiger partial charge on any atom is -0.390 e. The highest BCUT2D eigenvalue weighted by atomic mass is 32.2. The van der Waals surface area contributed by atoms with E-state index in [4.69, 9.17) is 0 Å². The SMILES string of the molecule is CCCCCCC1(O)CC2CCC(C1)S2. The molecule has 0 aromatic heterocycles. The molecule has 2 aliphatic heterocycles. The lowest BCUT2D eigenvalue weighted by Gasteiger charge is -2.36. The molecule has 1 nitrogen and oxygen atoms in total. The molecule has 2 atom stereocenters. The van der Waals surface area contributed by atoms with E-state index in [-0.39, 0.29) is 5.60 Å². The molecule has 0 aromatic carbocycles. The second-order valence-corrected chi connectivity index (χ2v) is 7.01. The third-order valence-electron chi connectivity index (χ3n) is 3.91. The molecule has 2 bridgehead atoms. The molecule has 0 aliphatic carbocycles. The summed E-state index contributed by atoms with van der Waals surface area (Å²) in [6.07, 6.45) is 11.1. The van der Waals surface area contributed by atoms with Crippen molar-refractivity contribution < 1.29 is 5.11 Å². The van der Waals surface area contributed by atoms with Gasteiger partial charge in [-0.1, -0.05) is 32.6 Å². The Morgan fingerprint density at radius 1 is 1.13 bits per heavy atom. The Balaban J connectivity index is 1.75. The van der Waals surface area contributed by atoms with Crippen LogP contribution in [0.2, 0.25) is 0 Å². The average Bonchev–Trinajstić information content (AvgIpc) is 2.54. The van der Waals surface area contributed by atoms with Crippen molar-refractivity contribution in [1.29, 1.82) is 0 Å². The van der Waals surface area contributed by atoms with E-state index >= 15 is 0 Å². The van der Waals surface area contributed by atoms with Gasteiger partial charge in [-0.25, -0.2) is 0 Å². The summed E-state index contributed by atoms with van der Waals surface area (Å²) in [7, 11) is 0. The van der Waals surface area contributed by atoms with E-state index in [1.165, 1.54) is 38.5 Å². The highest BCUT2D eigenvalue weighted by Gasteiger charge is 2.42. The molecule has 2 heterocycles. The second kappa shape index (κ2) is 5.09. The van der Waals surface area contributed by atoms with Crippen molar-refractivity contribution in [2.45, 2.75) is 80.8 Å². The molecule has 88 valence electrons. The van der Waals surface area contributed by atoms with Crippen LogP contribution in [0.15, 0.2) is 0 Å². The lowest BCUT2D eigenvalue weighted by molar-refractivity contribution is 0.0130. The van der Waals surface area contributed by atoms with Crippen LogP contribution in [-0.4, -0.2) is 21.2 Å². The molecule has 0 spiro atoms. The minimum atomic E-state index is -0.287. The first-order valence-electron chi connectivity index (χ1n) is 6.60. The summed E-state index contributed by atoms with van der Waals surface area (Å²) < 4.78 is 0. The zero-order chi connectivity index (χ0) is 10.7. The highest BCUT2D eigenvalue weighted by Crippen LogP contribution is 2.48. The molecular weight excluding hydrogens is 204 g/mol. The summed E-state index contributed by atoms with van der Waals surface area (Å²) in [6.45, 7) is 2.24. The molecule has 1 N–H and O–H groups in total. The fraction of sp³-hybridized carbons (Fsp3) is 1.00. The quantitative estimate of drug-likeness (QED) is 0.723. The van der Waals surface area contributed by atoms with Crippen molar-refractivity contribution in [1.82, 2.24) is 0 Å². The molecule has 0 saturated carbocycles. The van der Waals surface area contributed by atoms with Gasteiger partial charge in [-0.3, -0.25) is 0 Å². The monoisotopic (exact) mass is 228 g/mol. The van der Waals surface area contributed by atoms with Crippen LogP contribution in [0.4, 0.5) is 0 Å². The van der Waals surface area contributed by atoms with Crippen molar-refractivity contribution >= 4 is 11.8 Å². The first kappa shape index (κ1) is 11.8. The number of thioether (sulfide) groups is 1. The summed E-state index contributed by atoms with van der Waals surface area (Å²) >= 11 is 2.14. The third kappa shape index (κ3) is 3.13. The first-order valence-corrected chi connectivity index (χ1v) is 7.54. The van der Waals surface area contributed by atoms with Crippen molar-refractivity contribution in [3.8, 4) is 0 Å². The molecule has 2 aliphatic rings. The zero-order valence-electron chi connectivity index (χ0n) is 9.87. The van der Waals surface area contributed by atoms with E-state index in [9.17, 15) is 5.11 Å². The Bertz CT molecular complexity index is 193. The smallest absolute Gasteiger partial charge is 0.0668 e. The fourth-order valence-corrected chi connectivity index (χ4v) is 5.00. The van der Waals surface area contributed by atoms with Crippen molar-refractivity contribution in [3.05, 3.63) is 0 Å². The van der Waals surface area contributed by atoms with Crippen LogP contribution in [0.3, 0.4) is 0 Å². The van der Waals surface area contributed by atoms with E-state index < -0.39 is 0 Å². The maximum absolute atomic E-state index is 10.5. The van der Waals surface area contributed by atoms with Crippen LogP contribution in [0.1, 0.15) is 64.7 Å². The molecule has 15 heavy (non-hydrogen) atoms. The van der Waals surface area contributed by atoms with Crippen molar-refractivity contribution in [3.63, 3.8) is 0 Å². The molecule has 2 rings (SSSR count). The van der Waals surface area contributed by atoms with Gasteiger partial charge in [0.1, 0.15) is 0 Å². The summed E-state index contributed by atoms with van der Waals surface area (Å²) in [5, 5.41) is 12.1. The molecule has 2 heteroatoms. The Labute approximate surface area is 98.0 Å². The van der Waals surface area contributed by atoms with E-state index in [0.29, 0.717) is 0 Å². The van der Waals surface area contributed by atoms with Gasteiger partial charge in [-0.2, -0.15) is 11.8 Å². The highest BCUT2D eigenvalue weighted by molar-refractivity contribution is 8.00. The molecule has 0 aromatic rings. The Kier molecular flexibility index (Phi) is 4.00. The topological polar surface area (TPSA) is 20.2 Å². The van der Waals surface area contributed by atoms with Gasteiger partial charge < -0.3 is 5.11 Å². The molecule has 0 radical (unpaired) electrons. The van der Waals surface area contributed by atoms with Crippen LogP contribution < -0.4 is 0 Å². The van der Waals surface area contributed by atoms with E-state index in [1.807, 2.05) is 0 Å². The van der Waals surface area contributed by atoms with Crippen LogP contribution in [-0.2, 0) is 0 Å². The van der Waals surface area contributed by atoms with E-state index in [0.717, 1.165) is 29.8 Å². The maximum atomic E-state index is 10.5. The molecular formula is C13H24OS. The van der Waals surface area contributed by atoms with Gasteiger partial charge in [0, 0.05) is 10.5 Å². The average molecular weight is 228 g/mol. The fourth-order valence-electron chi connectivity index (χ4n) is 3.10. The molecule has 0 amide bonds. The van der Waals surface area contributed by atoms with Crippen LogP contribution in [0.5, 0.6) is 0 Å². The summed E-state index contributed by atoms with van der Waals surface area (Å²) in [5.41, 5.74) is -0.287. The van der Waals surface area contributed by atoms with Gasteiger partial charge in [-0.15, -0.1) is 0 Å². The van der Waals surface area contributed by atoms with E-state index in [1.54, 1.807) is 0 Å². The van der Waals surface area contributed by atoms with Crippen molar-refractivity contribution in [2.24, 2.45) is 0 Å². The minimum absolute atomic E-state index is 0.287. The lowest BCUT2D eigenvalue weighted by Crippen LogP contribution is -2.37. The second-order valence-electron chi connectivity index (χ2n) is 5.40. The standard InChI is InChI=1S/C13H24OS/c1-2-3-4-5-8-13(14)9-11-6-7-12(10-13)15-11/h11-12,14H,2-10H2,1H3. The predicted octanol–water partition coefficient (Wildman–Crippen LogP) is 3.75. The zero-order valence-corrected chi connectivity index (χ0v) is 10.7. The summed E-state index contributed by atoms with van der Waals surface area (Å²) in [5.74, 6) is 0. The molecule has 2 saturated heterocycles. The van der Waals surface area contributed by atoms with Crippen LogP contribution in [0.25, 0.3) is 0 Å². The van der Waals surface area contributed by atoms with Crippen LogP contribution in [0, 0.1) is 0 Å². The Morgan fingerprint density at radius 2 is 1.80 bits per heavy atom. The number of hydrogen-bond donors (Lipinski definition) is 1. The summed E-state index contributed by atoms with van der Waals surface area (Å²) in [6, 6.07) is 0. The normalized spacial score (nSPS) is 39.6. The van der Waals surface area contributed by atoms with Gasteiger partial charge in [-0.05, 0) is 32.1 Å². The van der Waals surface area contributed by atoms with E-state index in [2.05, 4.69) is 18.7 Å². The Morgan fingerprint density at radius 3 is 2.40 bits per heavy atom. The van der Waals surface area contributed by atoms with Gasteiger partial charge in [0.05, 0.1) is 5.60 Å². The first-order chi connectivity index (χ1) is 7.22. The van der Waals surface area contributed by atoms with Gasteiger partial charge in [0.2, 0.25) is 0 Å². The molecule has 2 unspecified atom stereocenters. The van der Waals surface area contributed by atoms with Crippen molar-refractivity contribution in [2.75, 3.05) is 0 Å². The largest absolute Gasteiger partial charge is 0.390 e. The number of unbranched alkanes of at least 4 members (excludes halogenated alkanes) is 3.